The highest BCUT2D eigenvalue weighted by molar-refractivity contribution is 4.75. The summed E-state index contributed by atoms with van der Waals surface area (Å²) in [5.41, 5.74) is 0. The van der Waals surface area contributed by atoms with Crippen LogP contribution in [0, 0.1) is 0 Å². The fourth-order valence-electron chi connectivity index (χ4n) is 0.523. The molecule has 0 unspecified atom stereocenters. The van der Waals surface area contributed by atoms with Gasteiger partial charge in [-0.2, -0.15) is 0 Å². The van der Waals surface area contributed by atoms with Gasteiger partial charge < -0.3 is 0 Å². The Morgan fingerprint density at radius 2 is 2.12 bits per heavy atom. The van der Waals surface area contributed by atoms with E-state index in [4.69, 9.17) is 0 Å². The van der Waals surface area contributed by atoms with E-state index in [9.17, 15) is 4.39 Å². The molecule has 0 rings (SSSR count). The molecule has 0 aliphatic heterocycles. The molecule has 0 N–H and O–H groups in total. The van der Waals surface area contributed by atoms with E-state index < -0.39 is 0 Å². The van der Waals surface area contributed by atoms with Crippen LogP contribution >= 0.6 is 0 Å². The van der Waals surface area contributed by atoms with Crippen molar-refractivity contribution in [3.63, 3.8) is 0 Å². The molecule has 0 bridgehead atoms. The molecule has 0 saturated carbocycles. The van der Waals surface area contributed by atoms with Gasteiger partial charge in [0.25, 0.3) is 0 Å². The molecular formula is C7H13F. The first-order valence-electron chi connectivity index (χ1n) is 3.09. The Morgan fingerprint density at radius 3 is 2.62 bits per heavy atom. The lowest BCUT2D eigenvalue weighted by atomic mass is 10.2. The lowest BCUT2D eigenvalue weighted by Gasteiger charge is -1.87. The van der Waals surface area contributed by atoms with Crippen LogP contribution in [0.15, 0.2) is 12.2 Å². The monoisotopic (exact) mass is 116 g/mol. The van der Waals surface area contributed by atoms with E-state index in [1.54, 1.807) is 0 Å². The number of halogens is 1. The first-order chi connectivity index (χ1) is 3.91. The van der Waals surface area contributed by atoms with Gasteiger partial charge in [0.2, 0.25) is 0 Å². The Hall–Kier alpha value is -0.330. The topological polar surface area (TPSA) is 0 Å². The summed E-state index contributed by atoms with van der Waals surface area (Å²) >= 11 is 0. The molecule has 0 spiro atoms. The molecule has 0 aromatic carbocycles. The zero-order chi connectivity index (χ0) is 6.24. The quantitative estimate of drug-likeness (QED) is 0.391. The molecular weight excluding hydrogens is 103 g/mol. The van der Waals surface area contributed by atoms with Crippen molar-refractivity contribution >= 4 is 0 Å². The van der Waals surface area contributed by atoms with E-state index in [2.05, 4.69) is 6.08 Å². The van der Waals surface area contributed by atoms with Gasteiger partial charge in [-0.3, -0.25) is 4.39 Å². The molecule has 0 radical (unpaired) electrons. The molecule has 0 aliphatic rings. The average Bonchev–Trinajstić information content (AvgIpc) is 1.81. The van der Waals surface area contributed by atoms with E-state index in [0.717, 1.165) is 12.8 Å². The first kappa shape index (κ1) is 7.67. The largest absolute Gasteiger partial charge is 0.251 e. The van der Waals surface area contributed by atoms with E-state index in [-0.39, 0.29) is 6.67 Å². The minimum absolute atomic E-state index is 0.169. The smallest absolute Gasteiger partial charge is 0.0894 e. The molecule has 0 aliphatic carbocycles. The van der Waals surface area contributed by atoms with Crippen molar-refractivity contribution in [3.8, 4) is 0 Å². The molecule has 0 heterocycles. The fraction of sp³-hybridized carbons (Fsp3) is 0.714. The highest BCUT2D eigenvalue weighted by Crippen LogP contribution is 1.95. The van der Waals surface area contributed by atoms with Crippen LogP contribution < -0.4 is 0 Å². The molecule has 0 amide bonds. The number of rotatable bonds is 4. The molecule has 0 nitrogen and oxygen atoms in total. The molecule has 48 valence electrons. The van der Waals surface area contributed by atoms with Gasteiger partial charge in [-0.25, -0.2) is 0 Å². The Bertz CT molecular complexity index is 57.4. The zero-order valence-electron chi connectivity index (χ0n) is 5.36. The summed E-state index contributed by atoms with van der Waals surface area (Å²) in [6.07, 6.45) is 6.79. The number of unbranched alkanes of at least 4 members (excludes halogenated alkanes) is 2. The third kappa shape index (κ3) is 5.67. The van der Waals surface area contributed by atoms with Crippen LogP contribution in [-0.4, -0.2) is 6.67 Å². The summed E-state index contributed by atoms with van der Waals surface area (Å²) in [4.78, 5) is 0. The van der Waals surface area contributed by atoms with Crippen molar-refractivity contribution in [2.45, 2.75) is 26.2 Å². The van der Waals surface area contributed by atoms with Crippen molar-refractivity contribution in [3.05, 3.63) is 12.2 Å². The van der Waals surface area contributed by atoms with Gasteiger partial charge in [-0.1, -0.05) is 12.2 Å². The van der Waals surface area contributed by atoms with Gasteiger partial charge in [0.1, 0.15) is 0 Å². The summed E-state index contributed by atoms with van der Waals surface area (Å²) in [5, 5.41) is 0. The van der Waals surface area contributed by atoms with Crippen LogP contribution in [0.4, 0.5) is 4.39 Å². The van der Waals surface area contributed by atoms with Crippen LogP contribution in [0.5, 0.6) is 0 Å². The van der Waals surface area contributed by atoms with Gasteiger partial charge in [-0.15, -0.1) is 0 Å². The van der Waals surface area contributed by atoms with Gasteiger partial charge in [0.15, 0.2) is 0 Å². The number of hydrogen-bond acceptors (Lipinski definition) is 0. The summed E-state index contributed by atoms with van der Waals surface area (Å²) < 4.78 is 11.4. The van der Waals surface area contributed by atoms with Gasteiger partial charge in [0, 0.05) is 0 Å². The molecule has 1 heteroatoms. The maximum atomic E-state index is 11.4. The SMILES string of the molecule is CC=CCCCCF. The average molecular weight is 116 g/mol. The van der Waals surface area contributed by atoms with Crippen molar-refractivity contribution < 1.29 is 4.39 Å². The predicted octanol–water partition coefficient (Wildman–Crippen LogP) is 2.70. The standard InChI is InChI=1S/C7H13F/c1-2-3-4-5-6-7-8/h2-3H,4-7H2,1H3. The molecule has 0 aromatic heterocycles. The minimum Gasteiger partial charge on any atom is -0.251 e. The van der Waals surface area contributed by atoms with Gasteiger partial charge >= 0.3 is 0 Å². The zero-order valence-corrected chi connectivity index (χ0v) is 5.36. The third-order valence-corrected chi connectivity index (χ3v) is 0.990. The summed E-state index contributed by atoms with van der Waals surface area (Å²) in [7, 11) is 0. The molecule has 0 atom stereocenters. The second kappa shape index (κ2) is 6.67. The molecule has 0 fully saturated rings. The lowest BCUT2D eigenvalue weighted by Crippen LogP contribution is -1.73. The fourth-order valence-corrected chi connectivity index (χ4v) is 0.523. The highest BCUT2D eigenvalue weighted by Gasteiger charge is 1.80. The van der Waals surface area contributed by atoms with Crippen molar-refractivity contribution in [1.82, 2.24) is 0 Å². The summed E-state index contributed by atoms with van der Waals surface area (Å²) in [6.45, 7) is 1.81. The maximum Gasteiger partial charge on any atom is 0.0894 e. The summed E-state index contributed by atoms with van der Waals surface area (Å²) in [5.74, 6) is 0. The number of allylic oxidation sites excluding steroid dienone is 2. The maximum absolute atomic E-state index is 11.4. The van der Waals surface area contributed by atoms with E-state index in [1.807, 2.05) is 13.0 Å². The van der Waals surface area contributed by atoms with E-state index >= 15 is 0 Å². The molecule has 0 saturated heterocycles. The van der Waals surface area contributed by atoms with Crippen LogP contribution in [0.25, 0.3) is 0 Å². The van der Waals surface area contributed by atoms with Crippen molar-refractivity contribution in [2.24, 2.45) is 0 Å². The Kier molecular flexibility index (Phi) is 6.39. The van der Waals surface area contributed by atoms with E-state index in [0.29, 0.717) is 6.42 Å². The molecule has 0 aromatic rings. The minimum atomic E-state index is -0.169. The van der Waals surface area contributed by atoms with Crippen LogP contribution in [0.3, 0.4) is 0 Å². The molecule has 8 heavy (non-hydrogen) atoms. The third-order valence-electron chi connectivity index (χ3n) is 0.990. The Balaban J connectivity index is 2.72. The second-order valence-corrected chi connectivity index (χ2v) is 1.75. The number of hydrogen-bond donors (Lipinski definition) is 0. The Morgan fingerprint density at radius 1 is 1.38 bits per heavy atom. The summed E-state index contributed by atoms with van der Waals surface area (Å²) in [6, 6.07) is 0. The van der Waals surface area contributed by atoms with Gasteiger partial charge in [0.05, 0.1) is 6.67 Å². The highest BCUT2D eigenvalue weighted by atomic mass is 19.1. The second-order valence-electron chi connectivity index (χ2n) is 1.75. The van der Waals surface area contributed by atoms with Crippen LogP contribution in [0.1, 0.15) is 26.2 Å². The Labute approximate surface area is 50.4 Å². The lowest BCUT2D eigenvalue weighted by molar-refractivity contribution is 0.463. The van der Waals surface area contributed by atoms with Crippen LogP contribution in [-0.2, 0) is 0 Å². The van der Waals surface area contributed by atoms with Crippen LogP contribution in [0.2, 0.25) is 0 Å². The van der Waals surface area contributed by atoms with Crippen molar-refractivity contribution in [1.29, 1.82) is 0 Å². The normalized spacial score (nSPS) is 10.8. The van der Waals surface area contributed by atoms with E-state index in [1.165, 1.54) is 0 Å². The van der Waals surface area contributed by atoms with Gasteiger partial charge in [-0.05, 0) is 26.2 Å². The predicted molar refractivity (Wildman–Crippen MR) is 34.6 cm³/mol. The first-order valence-corrected chi connectivity index (χ1v) is 3.09. The van der Waals surface area contributed by atoms with Crippen molar-refractivity contribution in [2.75, 3.05) is 6.67 Å². The number of alkyl halides is 1.